The average Bonchev–Trinajstić information content (AvgIpc) is 2.89. The van der Waals surface area contributed by atoms with Crippen LogP contribution in [0.4, 0.5) is 4.39 Å². The molecule has 6 nitrogen and oxygen atoms in total. The van der Waals surface area contributed by atoms with Gasteiger partial charge in [-0.25, -0.2) is 9.38 Å². The van der Waals surface area contributed by atoms with Crippen LogP contribution in [0.15, 0.2) is 18.2 Å². The molecule has 1 saturated heterocycles. The van der Waals surface area contributed by atoms with Crippen LogP contribution in [0.25, 0.3) is 0 Å². The second kappa shape index (κ2) is 4.46. The fourth-order valence-electron chi connectivity index (χ4n) is 4.18. The lowest BCUT2D eigenvalue weighted by molar-refractivity contribution is -0.677. The molecule has 0 aromatic heterocycles. The number of nitrogens with one attached hydrogen (secondary N) is 1. The lowest BCUT2D eigenvalue weighted by atomic mass is 9.93. The van der Waals surface area contributed by atoms with Gasteiger partial charge in [0.25, 0.3) is 5.84 Å². The summed E-state index contributed by atoms with van der Waals surface area (Å²) in [5.41, 5.74) is 3.15. The summed E-state index contributed by atoms with van der Waals surface area (Å²) < 4.78 is 26.0. The maximum atomic E-state index is 14.5. The molecule has 3 aliphatic rings. The van der Waals surface area contributed by atoms with E-state index in [0.29, 0.717) is 0 Å². The van der Waals surface area contributed by atoms with Crippen molar-refractivity contribution in [2.45, 2.75) is 24.9 Å². The van der Waals surface area contributed by atoms with Gasteiger partial charge < -0.3 is 9.47 Å². The highest BCUT2D eigenvalue weighted by atomic mass is 35.5. The van der Waals surface area contributed by atoms with Crippen molar-refractivity contribution in [2.75, 3.05) is 6.61 Å². The lowest BCUT2D eigenvalue weighted by Crippen LogP contribution is -2.90. The van der Waals surface area contributed by atoms with E-state index in [2.05, 4.69) is 17.1 Å². The normalized spacial score (nSPS) is 42.3. The monoisotopic (exact) mass is 347 g/mol. The van der Waals surface area contributed by atoms with Gasteiger partial charge in [-0.15, -0.1) is 0 Å². The molecule has 1 aliphatic carbocycles. The van der Waals surface area contributed by atoms with Gasteiger partial charge in [-0.2, -0.15) is 10.5 Å². The third-order valence-electron chi connectivity index (χ3n) is 5.18. The first-order valence-electron chi connectivity index (χ1n) is 7.39. The largest absolute Gasteiger partial charge is 0.343 e. The van der Waals surface area contributed by atoms with Crippen molar-refractivity contribution < 1.29 is 18.9 Å². The van der Waals surface area contributed by atoms with Gasteiger partial charge in [0.1, 0.15) is 5.82 Å². The van der Waals surface area contributed by atoms with Crippen molar-refractivity contribution in [1.82, 2.24) is 0 Å². The minimum Gasteiger partial charge on any atom is -0.311 e. The number of fused-ring (bicyclic) bond motifs is 2. The van der Waals surface area contributed by atoms with Crippen LogP contribution in [-0.2, 0) is 9.47 Å². The molecule has 0 bridgehead atoms. The van der Waals surface area contributed by atoms with Crippen LogP contribution in [0, 0.1) is 39.3 Å². The third kappa shape index (κ3) is 1.36. The van der Waals surface area contributed by atoms with Gasteiger partial charge in [-0.3, -0.25) is 5.73 Å². The Morgan fingerprint density at radius 1 is 1.42 bits per heavy atom. The summed E-state index contributed by atoms with van der Waals surface area (Å²) >= 11 is 6.17. The van der Waals surface area contributed by atoms with E-state index in [-0.39, 0.29) is 29.1 Å². The molecular formula is C16H13ClFN4O2+. The van der Waals surface area contributed by atoms with E-state index in [9.17, 15) is 14.9 Å². The second-order valence-corrected chi connectivity index (χ2v) is 6.71. The van der Waals surface area contributed by atoms with Gasteiger partial charge in [0.05, 0.1) is 30.8 Å². The number of ether oxygens (including phenoxy) is 2. The van der Waals surface area contributed by atoms with Crippen molar-refractivity contribution in [2.24, 2.45) is 16.6 Å². The number of nitrogens with zero attached hydrogens (tertiary/aromatic N) is 2. The fourth-order valence-corrected chi connectivity index (χ4v) is 4.46. The van der Waals surface area contributed by atoms with Gasteiger partial charge in [-0.1, -0.05) is 17.7 Å². The smallest absolute Gasteiger partial charge is 0.311 e. The Kier molecular flexibility index (Phi) is 2.85. The maximum Gasteiger partial charge on any atom is 0.343 e. The number of hydrogen-bond donors (Lipinski definition) is 2. The maximum absolute atomic E-state index is 14.5. The van der Waals surface area contributed by atoms with Crippen molar-refractivity contribution in [3.05, 3.63) is 34.6 Å². The predicted octanol–water partition coefficient (Wildman–Crippen LogP) is 0.137. The Hall–Kier alpha value is -2.19. The van der Waals surface area contributed by atoms with Gasteiger partial charge in [0, 0.05) is 10.6 Å². The second-order valence-electron chi connectivity index (χ2n) is 6.30. The molecule has 5 atom stereocenters. The van der Waals surface area contributed by atoms with E-state index in [1.807, 2.05) is 0 Å². The van der Waals surface area contributed by atoms with Crippen LogP contribution in [-0.4, -0.2) is 24.5 Å². The molecule has 24 heavy (non-hydrogen) atoms. The van der Waals surface area contributed by atoms with E-state index in [0.717, 1.165) is 0 Å². The molecule has 122 valence electrons. The Morgan fingerprint density at radius 3 is 2.71 bits per heavy atom. The van der Waals surface area contributed by atoms with Gasteiger partial charge in [0.15, 0.2) is 10.8 Å². The molecule has 0 radical (unpaired) electrons. The lowest BCUT2D eigenvalue weighted by Gasteiger charge is -2.24. The number of benzene rings is 1. The molecule has 1 aromatic rings. The van der Waals surface area contributed by atoms with Crippen LogP contribution in [0.2, 0.25) is 5.02 Å². The van der Waals surface area contributed by atoms with Gasteiger partial charge >= 0.3 is 5.91 Å². The van der Waals surface area contributed by atoms with Crippen LogP contribution in [0.1, 0.15) is 18.4 Å². The Bertz CT molecular complexity index is 858. The van der Waals surface area contributed by atoms with Gasteiger partial charge in [0.2, 0.25) is 0 Å². The zero-order valence-corrected chi connectivity index (χ0v) is 13.4. The van der Waals surface area contributed by atoms with Gasteiger partial charge in [-0.05, 0) is 19.1 Å². The number of nitrogens with two attached hydrogens (primary N) is 1. The van der Waals surface area contributed by atoms with Crippen molar-refractivity contribution in [1.29, 1.82) is 10.5 Å². The molecule has 3 N–H and O–H groups in total. The summed E-state index contributed by atoms with van der Waals surface area (Å²) in [6.07, 6.45) is -0.303. The Balaban J connectivity index is 1.98. The minimum absolute atomic E-state index is 0.0324. The van der Waals surface area contributed by atoms with Crippen LogP contribution in [0.3, 0.4) is 0 Å². The molecule has 1 saturated carbocycles. The summed E-state index contributed by atoms with van der Waals surface area (Å²) in [4.78, 5) is 2.82. The van der Waals surface area contributed by atoms with Crippen molar-refractivity contribution in [3.8, 4) is 12.1 Å². The molecule has 8 heteroatoms. The SMILES string of the molecule is C[C@@H]1CO[C@]2([NH+]=C(N)[C@@]3(C#N)[C@@H](c4c(F)cccc4Cl)[C@@]23C#N)O1. The highest BCUT2D eigenvalue weighted by Crippen LogP contribution is 2.79. The van der Waals surface area contributed by atoms with Crippen molar-refractivity contribution >= 4 is 17.4 Å². The predicted molar refractivity (Wildman–Crippen MR) is 79.6 cm³/mol. The van der Waals surface area contributed by atoms with E-state index in [1.165, 1.54) is 18.2 Å². The topological polar surface area (TPSA) is 106 Å². The Morgan fingerprint density at radius 2 is 2.17 bits per heavy atom. The van der Waals surface area contributed by atoms with Crippen LogP contribution >= 0.6 is 11.6 Å². The van der Waals surface area contributed by atoms with E-state index in [4.69, 9.17) is 26.8 Å². The quantitative estimate of drug-likeness (QED) is 0.751. The number of halogens is 2. The molecule has 1 spiro atoms. The third-order valence-corrected chi connectivity index (χ3v) is 5.51. The standard InChI is InChI=1S/C16H12ClFN4O2/c1-8-5-23-16(24-8)15(7-20)12(14(15,6-19)13(21)22-16)11-9(17)3-2-4-10(11)18/h2-4,8,12H,5H2,1H3,(H2,21,22)/p+1/t8-,12-,14-,15-,16+/m1/s1. The first-order valence-corrected chi connectivity index (χ1v) is 7.77. The van der Waals surface area contributed by atoms with E-state index in [1.54, 1.807) is 6.92 Å². The minimum atomic E-state index is -1.59. The molecule has 0 unspecified atom stereocenters. The summed E-state index contributed by atoms with van der Waals surface area (Å²) in [7, 11) is 0. The molecule has 2 fully saturated rings. The van der Waals surface area contributed by atoms with Crippen LogP contribution < -0.4 is 10.7 Å². The Labute approximate surface area is 142 Å². The van der Waals surface area contributed by atoms with E-state index < -0.39 is 28.5 Å². The first-order chi connectivity index (χ1) is 11.4. The molecule has 1 aromatic carbocycles. The summed E-state index contributed by atoms with van der Waals surface area (Å²) in [6.45, 7) is 2.00. The highest BCUT2D eigenvalue weighted by Gasteiger charge is 2.98. The molecule has 0 amide bonds. The molecule has 2 aliphatic heterocycles. The van der Waals surface area contributed by atoms with Crippen molar-refractivity contribution in [3.63, 3.8) is 0 Å². The average molecular weight is 348 g/mol. The zero-order valence-electron chi connectivity index (χ0n) is 12.6. The molecule has 4 rings (SSSR count). The number of amidine groups is 1. The zero-order chi connectivity index (χ0) is 17.3. The fraction of sp³-hybridized carbons (Fsp3) is 0.438. The summed E-state index contributed by atoms with van der Waals surface area (Å²) in [6, 6.07) is 8.44. The summed E-state index contributed by atoms with van der Waals surface area (Å²) in [5.74, 6) is -3.04. The summed E-state index contributed by atoms with van der Waals surface area (Å²) in [5, 5.41) is 19.9. The highest BCUT2D eigenvalue weighted by molar-refractivity contribution is 6.31. The molecular weight excluding hydrogens is 335 g/mol. The number of rotatable bonds is 1. The first kappa shape index (κ1) is 15.3. The number of nitriles is 2. The molecule has 2 heterocycles. The number of hydrogen-bond acceptors (Lipinski definition) is 5. The van der Waals surface area contributed by atoms with Crippen LogP contribution in [0.5, 0.6) is 0 Å². The van der Waals surface area contributed by atoms with E-state index >= 15 is 0 Å².